The zero-order valence-corrected chi connectivity index (χ0v) is 21.0. The van der Waals surface area contributed by atoms with E-state index in [0.717, 1.165) is 42.5 Å². The Balaban J connectivity index is 1.05. The highest BCUT2D eigenvalue weighted by Crippen LogP contribution is 2.61. The Bertz CT molecular complexity index is 1020. The van der Waals surface area contributed by atoms with Crippen molar-refractivity contribution >= 4 is 22.8 Å². The minimum absolute atomic E-state index is 0.0838. The van der Waals surface area contributed by atoms with Crippen molar-refractivity contribution in [2.75, 3.05) is 12.4 Å². The standard InChI is InChI=1S/C25H35N3O5S/c1-16-9-10-19-17(2)22(30-23-25(19)18(16)11-12-24(3,31-23)32-33-25)34-14-6-13-29-15-28-21-8-5-4-7-20(21)26-27-28/h4-5,7-8,16-19,22-23H,6,9-15H2,1-3H3/t16-,17-,18+,19+,22+,23-,24?,25-/m1/s1. The molecular formula is C25H35N3O5S. The van der Waals surface area contributed by atoms with Gasteiger partial charge in [0.05, 0.1) is 5.52 Å². The average Bonchev–Trinajstić information content (AvgIpc) is 3.11. The van der Waals surface area contributed by atoms with Gasteiger partial charge in [0.1, 0.15) is 17.7 Å². The first kappa shape index (κ1) is 23.2. The van der Waals surface area contributed by atoms with Crippen molar-refractivity contribution in [3.05, 3.63) is 24.3 Å². The third-order valence-electron chi connectivity index (χ3n) is 8.45. The quantitative estimate of drug-likeness (QED) is 0.408. The SMILES string of the molecule is C[C@H]1[C@H](SCCCOCn2nnc3ccccc32)O[C@@H]2OC3(C)CC[C@H]4[C@H](C)CC[C@@H]1[C@@]24OO3. The van der Waals surface area contributed by atoms with Crippen molar-refractivity contribution in [1.82, 2.24) is 15.0 Å². The summed E-state index contributed by atoms with van der Waals surface area (Å²) in [5, 5.41) is 8.36. The Morgan fingerprint density at radius 1 is 1.15 bits per heavy atom. The zero-order chi connectivity index (χ0) is 23.3. The van der Waals surface area contributed by atoms with Crippen molar-refractivity contribution in [2.24, 2.45) is 23.7 Å². The Morgan fingerprint density at radius 2 is 2.03 bits per heavy atom. The fourth-order valence-corrected chi connectivity index (χ4v) is 7.78. The summed E-state index contributed by atoms with van der Waals surface area (Å²) in [5.74, 6) is 2.00. The van der Waals surface area contributed by atoms with Gasteiger partial charge in [0.15, 0.2) is 11.9 Å². The van der Waals surface area contributed by atoms with Gasteiger partial charge >= 0.3 is 0 Å². The highest BCUT2D eigenvalue weighted by molar-refractivity contribution is 7.99. The monoisotopic (exact) mass is 489 g/mol. The van der Waals surface area contributed by atoms with E-state index in [-0.39, 0.29) is 11.7 Å². The first-order chi connectivity index (χ1) is 16.5. The molecule has 1 unspecified atom stereocenters. The molecule has 2 bridgehead atoms. The molecule has 34 heavy (non-hydrogen) atoms. The van der Waals surface area contributed by atoms with E-state index in [1.807, 2.05) is 43.0 Å². The molecule has 0 radical (unpaired) electrons. The van der Waals surface area contributed by atoms with E-state index in [0.29, 0.717) is 37.0 Å². The van der Waals surface area contributed by atoms with Gasteiger partial charge in [0, 0.05) is 18.9 Å². The highest BCUT2D eigenvalue weighted by atomic mass is 32.2. The summed E-state index contributed by atoms with van der Waals surface area (Å²) >= 11 is 1.87. The molecule has 4 aliphatic heterocycles. The maximum Gasteiger partial charge on any atom is 0.201 e. The molecule has 1 aromatic heterocycles. The number of thioether (sulfide) groups is 1. The van der Waals surface area contributed by atoms with E-state index in [2.05, 4.69) is 24.2 Å². The van der Waals surface area contributed by atoms with Gasteiger partial charge in [-0.3, -0.25) is 0 Å². The van der Waals surface area contributed by atoms with Crippen molar-refractivity contribution in [2.45, 2.75) is 82.7 Å². The average molecular weight is 490 g/mol. The molecule has 186 valence electrons. The number of benzene rings is 1. The van der Waals surface area contributed by atoms with Crippen LogP contribution in [0.5, 0.6) is 0 Å². The number of nitrogens with zero attached hydrogens (tertiary/aromatic N) is 3. The Kier molecular flexibility index (Phi) is 6.15. The van der Waals surface area contributed by atoms with Crippen LogP contribution in [0.2, 0.25) is 0 Å². The lowest BCUT2D eigenvalue weighted by atomic mass is 9.58. The second kappa shape index (κ2) is 9.01. The molecule has 1 saturated carbocycles. The molecule has 5 aliphatic rings. The van der Waals surface area contributed by atoms with Crippen molar-refractivity contribution in [3.8, 4) is 0 Å². The van der Waals surface area contributed by atoms with Crippen LogP contribution >= 0.6 is 11.8 Å². The number of hydrogen-bond donors (Lipinski definition) is 0. The molecule has 7 rings (SSSR count). The lowest BCUT2D eigenvalue weighted by Gasteiger charge is -2.60. The van der Waals surface area contributed by atoms with Gasteiger partial charge in [-0.05, 0) is 68.2 Å². The van der Waals surface area contributed by atoms with E-state index < -0.39 is 11.4 Å². The first-order valence-corrected chi connectivity index (χ1v) is 13.7. The van der Waals surface area contributed by atoms with Crippen LogP contribution in [0.25, 0.3) is 11.0 Å². The number of rotatable bonds is 7. The van der Waals surface area contributed by atoms with Crippen molar-refractivity contribution in [1.29, 1.82) is 0 Å². The summed E-state index contributed by atoms with van der Waals surface area (Å²) in [7, 11) is 0. The summed E-state index contributed by atoms with van der Waals surface area (Å²) in [4.78, 5) is 12.1. The highest BCUT2D eigenvalue weighted by Gasteiger charge is 2.69. The van der Waals surface area contributed by atoms with E-state index >= 15 is 0 Å². The Morgan fingerprint density at radius 3 is 2.94 bits per heavy atom. The zero-order valence-electron chi connectivity index (χ0n) is 20.2. The topological polar surface area (TPSA) is 76.9 Å². The van der Waals surface area contributed by atoms with E-state index in [1.165, 1.54) is 6.42 Å². The fourth-order valence-electron chi connectivity index (χ4n) is 6.59. The van der Waals surface area contributed by atoms with Gasteiger partial charge in [-0.15, -0.1) is 16.9 Å². The summed E-state index contributed by atoms with van der Waals surface area (Å²) in [5.41, 5.74) is 1.49. The van der Waals surface area contributed by atoms with Crippen LogP contribution in [0, 0.1) is 23.7 Å². The maximum absolute atomic E-state index is 6.64. The number of aromatic nitrogens is 3. The predicted octanol–water partition coefficient (Wildman–Crippen LogP) is 4.74. The molecule has 8 nitrogen and oxygen atoms in total. The number of fused-ring (bicyclic) bond motifs is 3. The first-order valence-electron chi connectivity index (χ1n) is 12.7. The molecule has 5 fully saturated rings. The predicted molar refractivity (Wildman–Crippen MR) is 127 cm³/mol. The van der Waals surface area contributed by atoms with Gasteiger partial charge in [-0.2, -0.15) is 0 Å². The van der Waals surface area contributed by atoms with E-state index in [9.17, 15) is 0 Å². The largest absolute Gasteiger partial charge is 0.359 e. The van der Waals surface area contributed by atoms with Crippen molar-refractivity contribution < 1.29 is 24.0 Å². The van der Waals surface area contributed by atoms with Crippen molar-refractivity contribution in [3.63, 3.8) is 0 Å². The summed E-state index contributed by atoms with van der Waals surface area (Å²) in [6.07, 6.45) is 4.86. The van der Waals surface area contributed by atoms with Crippen LogP contribution in [0.4, 0.5) is 0 Å². The van der Waals surface area contributed by atoms with E-state index in [4.69, 9.17) is 24.0 Å². The van der Waals surface area contributed by atoms with Gasteiger partial charge < -0.3 is 14.2 Å². The molecule has 9 heteroatoms. The minimum atomic E-state index is -0.716. The second-order valence-electron chi connectivity index (χ2n) is 10.6. The van der Waals surface area contributed by atoms with E-state index in [1.54, 1.807) is 4.68 Å². The molecule has 1 aliphatic carbocycles. The number of hydrogen-bond acceptors (Lipinski definition) is 8. The molecule has 1 aromatic carbocycles. The molecule has 8 atom stereocenters. The molecule has 0 amide bonds. The second-order valence-corrected chi connectivity index (χ2v) is 11.8. The van der Waals surface area contributed by atoms with Crippen LogP contribution in [-0.4, -0.2) is 50.5 Å². The molecular weight excluding hydrogens is 454 g/mol. The molecule has 1 spiro atoms. The normalized spacial score (nSPS) is 41.4. The molecule has 2 aromatic rings. The number of ether oxygens (including phenoxy) is 3. The lowest BCUT2D eigenvalue weighted by Crippen LogP contribution is -2.70. The number of para-hydroxylation sites is 1. The Labute approximate surface area is 204 Å². The van der Waals surface area contributed by atoms with Crippen LogP contribution in [0.15, 0.2) is 24.3 Å². The maximum atomic E-state index is 6.64. The van der Waals surface area contributed by atoms with Crippen LogP contribution in [0.1, 0.15) is 52.9 Å². The van der Waals surface area contributed by atoms with Gasteiger partial charge in [0.2, 0.25) is 5.79 Å². The van der Waals surface area contributed by atoms with Crippen LogP contribution < -0.4 is 0 Å². The molecule has 0 N–H and O–H groups in total. The lowest BCUT2D eigenvalue weighted by molar-refractivity contribution is -0.568. The minimum Gasteiger partial charge on any atom is -0.359 e. The molecule has 5 heterocycles. The van der Waals surface area contributed by atoms with Crippen LogP contribution in [-0.2, 0) is 30.7 Å². The fraction of sp³-hybridized carbons (Fsp3) is 0.760. The van der Waals surface area contributed by atoms with Crippen LogP contribution in [0.3, 0.4) is 0 Å². The van der Waals surface area contributed by atoms with Gasteiger partial charge in [-0.1, -0.05) is 31.2 Å². The summed E-state index contributed by atoms with van der Waals surface area (Å²) in [6, 6.07) is 7.93. The summed E-state index contributed by atoms with van der Waals surface area (Å²) in [6.45, 7) is 7.73. The van der Waals surface area contributed by atoms with Gasteiger partial charge in [-0.25, -0.2) is 14.5 Å². The molecule has 4 saturated heterocycles. The third kappa shape index (κ3) is 3.79. The smallest absolute Gasteiger partial charge is 0.201 e. The third-order valence-corrected chi connectivity index (χ3v) is 9.84. The van der Waals surface area contributed by atoms with Gasteiger partial charge in [0.25, 0.3) is 0 Å². The summed E-state index contributed by atoms with van der Waals surface area (Å²) < 4.78 is 20.8. The Hall–Kier alpha value is -1.23.